The molecule has 1 aromatic carbocycles. The molecule has 0 saturated heterocycles. The van der Waals surface area contributed by atoms with Crippen molar-refractivity contribution in [3.63, 3.8) is 0 Å². The Kier molecular flexibility index (Phi) is 4.85. The number of thioether (sulfide) groups is 1. The van der Waals surface area contributed by atoms with E-state index in [9.17, 15) is 9.59 Å². The third kappa shape index (κ3) is 3.28. The summed E-state index contributed by atoms with van der Waals surface area (Å²) in [6, 6.07) is 10.7. The van der Waals surface area contributed by atoms with Crippen molar-refractivity contribution >= 4 is 28.9 Å². The molecule has 0 unspecified atom stereocenters. The predicted molar refractivity (Wildman–Crippen MR) is 99.5 cm³/mol. The van der Waals surface area contributed by atoms with Crippen molar-refractivity contribution in [1.82, 2.24) is 14.6 Å². The molecule has 2 heterocycles. The SMILES string of the molecule is CCSc1nnc(C)c2cc(C)c(NC(=O)c3ccccc3)c(=O)n12. The standard InChI is InChI=1S/C18H18N4O2S/c1-4-25-18-21-20-12(3)14-10-11(2)15(17(24)22(14)18)19-16(23)13-8-6-5-7-9-13/h5-10H,4H2,1-3H3,(H,19,23). The zero-order chi connectivity index (χ0) is 18.0. The molecule has 2 aromatic heterocycles. The number of anilines is 1. The fraction of sp³-hybridized carbons (Fsp3) is 0.222. The Morgan fingerprint density at radius 3 is 2.60 bits per heavy atom. The second kappa shape index (κ2) is 7.06. The van der Waals surface area contributed by atoms with Crippen molar-refractivity contribution in [3.05, 3.63) is 63.6 Å². The first kappa shape index (κ1) is 17.2. The van der Waals surface area contributed by atoms with Crippen LogP contribution >= 0.6 is 11.8 Å². The zero-order valence-electron chi connectivity index (χ0n) is 14.2. The molecule has 3 aromatic rings. The van der Waals surface area contributed by atoms with E-state index in [4.69, 9.17) is 0 Å². The maximum absolute atomic E-state index is 13.0. The molecule has 0 aliphatic carbocycles. The van der Waals surface area contributed by atoms with Gasteiger partial charge in [0.15, 0.2) is 5.16 Å². The zero-order valence-corrected chi connectivity index (χ0v) is 15.1. The molecule has 0 spiro atoms. The lowest BCUT2D eigenvalue weighted by atomic mass is 10.1. The highest BCUT2D eigenvalue weighted by atomic mass is 32.2. The minimum Gasteiger partial charge on any atom is -0.317 e. The molecule has 3 rings (SSSR count). The number of benzene rings is 1. The van der Waals surface area contributed by atoms with Crippen molar-refractivity contribution in [2.24, 2.45) is 0 Å². The van der Waals surface area contributed by atoms with Crippen molar-refractivity contribution in [3.8, 4) is 0 Å². The quantitative estimate of drug-likeness (QED) is 0.729. The maximum Gasteiger partial charge on any atom is 0.281 e. The second-order valence-electron chi connectivity index (χ2n) is 5.55. The minimum absolute atomic E-state index is 0.261. The summed E-state index contributed by atoms with van der Waals surface area (Å²) in [6.45, 7) is 5.59. The molecule has 128 valence electrons. The van der Waals surface area contributed by atoms with Crippen molar-refractivity contribution in [1.29, 1.82) is 0 Å². The molecule has 1 amide bonds. The minimum atomic E-state index is -0.316. The van der Waals surface area contributed by atoms with Crippen LogP contribution in [0.25, 0.3) is 5.52 Å². The number of rotatable bonds is 4. The first-order valence-electron chi connectivity index (χ1n) is 7.91. The molecule has 0 radical (unpaired) electrons. The summed E-state index contributed by atoms with van der Waals surface area (Å²) in [5.74, 6) is 0.447. The average Bonchev–Trinajstić information content (AvgIpc) is 2.61. The van der Waals surface area contributed by atoms with Crippen LogP contribution in [0.2, 0.25) is 0 Å². The summed E-state index contributed by atoms with van der Waals surface area (Å²) in [5, 5.41) is 11.5. The van der Waals surface area contributed by atoms with Gasteiger partial charge in [0.05, 0.1) is 11.2 Å². The highest BCUT2D eigenvalue weighted by Gasteiger charge is 2.16. The number of aromatic nitrogens is 3. The van der Waals surface area contributed by atoms with Gasteiger partial charge in [-0.2, -0.15) is 5.10 Å². The monoisotopic (exact) mass is 354 g/mol. The molecular weight excluding hydrogens is 336 g/mol. The molecule has 0 saturated carbocycles. The van der Waals surface area contributed by atoms with Crippen LogP contribution in [0.3, 0.4) is 0 Å². The van der Waals surface area contributed by atoms with E-state index in [0.29, 0.717) is 27.5 Å². The number of amides is 1. The summed E-state index contributed by atoms with van der Waals surface area (Å²) in [4.78, 5) is 25.5. The Morgan fingerprint density at radius 2 is 1.92 bits per heavy atom. The number of aryl methyl sites for hydroxylation is 2. The van der Waals surface area contributed by atoms with Gasteiger partial charge in [-0.25, -0.2) is 0 Å². The van der Waals surface area contributed by atoms with Crippen LogP contribution in [-0.4, -0.2) is 26.3 Å². The van der Waals surface area contributed by atoms with E-state index in [1.807, 2.05) is 26.0 Å². The van der Waals surface area contributed by atoms with Crippen LogP contribution in [0.4, 0.5) is 5.69 Å². The lowest BCUT2D eigenvalue weighted by Gasteiger charge is -2.13. The normalized spacial score (nSPS) is 10.8. The van der Waals surface area contributed by atoms with Gasteiger partial charge in [-0.3, -0.25) is 14.0 Å². The number of carbonyl (C=O) groups is 1. The molecule has 0 aliphatic heterocycles. The number of hydrogen-bond donors (Lipinski definition) is 1. The maximum atomic E-state index is 13.0. The second-order valence-corrected chi connectivity index (χ2v) is 6.78. The van der Waals surface area contributed by atoms with E-state index >= 15 is 0 Å². The van der Waals surface area contributed by atoms with E-state index in [2.05, 4.69) is 15.5 Å². The summed E-state index contributed by atoms with van der Waals surface area (Å²) < 4.78 is 1.52. The number of pyridine rings is 1. The van der Waals surface area contributed by atoms with E-state index in [-0.39, 0.29) is 17.2 Å². The summed E-state index contributed by atoms with van der Waals surface area (Å²) in [7, 11) is 0. The predicted octanol–water partition coefficient (Wildman–Crippen LogP) is 3.07. The van der Waals surface area contributed by atoms with Gasteiger partial charge >= 0.3 is 0 Å². The Bertz CT molecular complexity index is 999. The van der Waals surface area contributed by atoms with Crippen LogP contribution in [0.15, 0.2) is 46.3 Å². The Hall–Kier alpha value is -2.67. The molecule has 0 aliphatic rings. The first-order valence-corrected chi connectivity index (χ1v) is 8.90. The number of carbonyl (C=O) groups excluding carboxylic acids is 1. The van der Waals surface area contributed by atoms with Crippen molar-refractivity contribution < 1.29 is 4.79 Å². The van der Waals surface area contributed by atoms with Crippen LogP contribution in [-0.2, 0) is 0 Å². The third-order valence-electron chi connectivity index (χ3n) is 3.80. The van der Waals surface area contributed by atoms with Crippen molar-refractivity contribution in [2.75, 3.05) is 11.1 Å². The van der Waals surface area contributed by atoms with Crippen molar-refractivity contribution in [2.45, 2.75) is 25.9 Å². The van der Waals surface area contributed by atoms with E-state index in [1.54, 1.807) is 31.2 Å². The van der Waals surface area contributed by atoms with Crippen LogP contribution < -0.4 is 10.9 Å². The molecule has 0 bridgehead atoms. The highest BCUT2D eigenvalue weighted by molar-refractivity contribution is 7.99. The Labute approximate surface area is 149 Å². The Balaban J connectivity index is 2.14. The molecular formula is C18H18N4O2S. The van der Waals surface area contributed by atoms with Gasteiger partial charge in [0, 0.05) is 5.56 Å². The number of fused-ring (bicyclic) bond motifs is 1. The van der Waals surface area contributed by atoms with Crippen LogP contribution in [0, 0.1) is 13.8 Å². The van der Waals surface area contributed by atoms with E-state index in [1.165, 1.54) is 16.2 Å². The molecule has 0 atom stereocenters. The molecule has 25 heavy (non-hydrogen) atoms. The van der Waals surface area contributed by atoms with Gasteiger partial charge in [0.25, 0.3) is 11.5 Å². The number of nitrogens with one attached hydrogen (secondary N) is 1. The van der Waals surface area contributed by atoms with Gasteiger partial charge in [-0.05, 0) is 43.4 Å². The molecule has 7 heteroatoms. The highest BCUT2D eigenvalue weighted by Crippen LogP contribution is 2.20. The number of hydrogen-bond acceptors (Lipinski definition) is 5. The van der Waals surface area contributed by atoms with Gasteiger partial charge in [0.2, 0.25) is 0 Å². The molecule has 6 nitrogen and oxygen atoms in total. The Morgan fingerprint density at radius 1 is 1.20 bits per heavy atom. The summed E-state index contributed by atoms with van der Waals surface area (Å²) in [6.07, 6.45) is 0. The van der Waals surface area contributed by atoms with Gasteiger partial charge in [0.1, 0.15) is 5.69 Å². The molecule has 1 N–H and O–H groups in total. The lowest BCUT2D eigenvalue weighted by Crippen LogP contribution is -2.26. The molecule has 0 fully saturated rings. The first-order chi connectivity index (χ1) is 12.0. The lowest BCUT2D eigenvalue weighted by molar-refractivity contribution is 0.102. The topological polar surface area (TPSA) is 76.4 Å². The smallest absolute Gasteiger partial charge is 0.281 e. The van der Waals surface area contributed by atoms with Crippen LogP contribution in [0.5, 0.6) is 0 Å². The fourth-order valence-electron chi connectivity index (χ4n) is 2.55. The summed E-state index contributed by atoms with van der Waals surface area (Å²) in [5.41, 5.74) is 2.52. The van der Waals surface area contributed by atoms with E-state index in [0.717, 1.165) is 5.75 Å². The summed E-state index contributed by atoms with van der Waals surface area (Å²) >= 11 is 1.43. The third-order valence-corrected chi connectivity index (χ3v) is 4.61. The average molecular weight is 354 g/mol. The largest absolute Gasteiger partial charge is 0.317 e. The van der Waals surface area contributed by atoms with Gasteiger partial charge in [-0.15, -0.1) is 5.10 Å². The van der Waals surface area contributed by atoms with Gasteiger partial charge in [-0.1, -0.05) is 36.9 Å². The fourth-order valence-corrected chi connectivity index (χ4v) is 3.22. The van der Waals surface area contributed by atoms with Crippen LogP contribution in [0.1, 0.15) is 28.5 Å². The number of nitrogens with zero attached hydrogens (tertiary/aromatic N) is 3. The van der Waals surface area contributed by atoms with Gasteiger partial charge < -0.3 is 5.32 Å². The van der Waals surface area contributed by atoms with E-state index < -0.39 is 0 Å².